The van der Waals surface area contributed by atoms with Crippen LogP contribution < -0.4 is 9.47 Å². The fourth-order valence-electron chi connectivity index (χ4n) is 5.07. The Labute approximate surface area is 262 Å². The van der Waals surface area contributed by atoms with Crippen LogP contribution in [0.3, 0.4) is 0 Å². The van der Waals surface area contributed by atoms with Gasteiger partial charge in [-0.05, 0) is 67.6 Å². The molecule has 1 heterocycles. The maximum absolute atomic E-state index is 13.6. The molecule has 0 saturated carbocycles. The predicted molar refractivity (Wildman–Crippen MR) is 158 cm³/mol. The van der Waals surface area contributed by atoms with E-state index < -0.39 is 49.5 Å². The van der Waals surface area contributed by atoms with E-state index in [9.17, 15) is 44.7 Å². The van der Waals surface area contributed by atoms with Gasteiger partial charge in [0.15, 0.2) is 24.8 Å². The Kier molecular flexibility index (Phi) is 9.28. The van der Waals surface area contributed by atoms with Crippen molar-refractivity contribution in [1.82, 2.24) is 4.57 Å². The summed E-state index contributed by atoms with van der Waals surface area (Å²) in [5.74, 6) is -10.8. The van der Waals surface area contributed by atoms with Gasteiger partial charge in [0.2, 0.25) is 0 Å². The number of alkyl halides is 8. The summed E-state index contributed by atoms with van der Waals surface area (Å²) in [6.07, 6.45) is -7.92. The first-order valence-electron chi connectivity index (χ1n) is 14.2. The third-order valence-electron chi connectivity index (χ3n) is 7.45. The summed E-state index contributed by atoms with van der Waals surface area (Å²) in [4.78, 5) is 27.1. The van der Waals surface area contributed by atoms with Crippen molar-refractivity contribution in [2.24, 2.45) is 0 Å². The lowest BCUT2D eigenvalue weighted by Gasteiger charge is -2.17. The van der Waals surface area contributed by atoms with Gasteiger partial charge in [0.05, 0.1) is 11.1 Å². The first-order valence-corrected chi connectivity index (χ1v) is 14.2. The summed E-state index contributed by atoms with van der Waals surface area (Å²) in [7, 11) is 0. The van der Waals surface area contributed by atoms with Crippen LogP contribution >= 0.6 is 0 Å². The highest BCUT2D eigenvalue weighted by molar-refractivity contribution is 6.18. The van der Waals surface area contributed by atoms with Crippen molar-refractivity contribution in [3.05, 3.63) is 107 Å². The van der Waals surface area contributed by atoms with E-state index in [-0.39, 0.29) is 33.8 Å². The van der Waals surface area contributed by atoms with E-state index in [2.05, 4.69) is 0 Å². The van der Waals surface area contributed by atoms with Crippen LogP contribution in [0.1, 0.15) is 38.8 Å². The molecule has 13 heteroatoms. The number of aryl methyl sites for hydroxylation is 1. The molecule has 1 aromatic heterocycles. The molecule has 0 fully saturated rings. The third kappa shape index (κ3) is 6.65. The molecular weight excluding hydrogens is 638 g/mol. The third-order valence-corrected chi connectivity index (χ3v) is 7.45. The fraction of sp³-hybridized carbons (Fsp3) is 0.235. The lowest BCUT2D eigenvalue weighted by Crippen LogP contribution is -2.34. The number of hydrogen-bond acceptors (Lipinski definition) is 4. The minimum absolute atomic E-state index is 0.111. The van der Waals surface area contributed by atoms with Gasteiger partial charge in [0, 0.05) is 39.5 Å². The number of ketones is 2. The molecule has 0 aliphatic carbocycles. The maximum Gasteiger partial charge on any atom is 0.340 e. The zero-order valence-electron chi connectivity index (χ0n) is 24.5. The lowest BCUT2D eigenvalue weighted by molar-refractivity contribution is -0.148. The Bertz CT molecular complexity index is 1820. The van der Waals surface area contributed by atoms with E-state index in [1.54, 1.807) is 12.1 Å². The van der Waals surface area contributed by atoms with E-state index in [1.165, 1.54) is 72.8 Å². The monoisotopic (exact) mass is 663 g/mol. The Morgan fingerprint density at radius 3 is 1.38 bits per heavy atom. The molecule has 0 radical (unpaired) electrons. The Balaban J connectivity index is 1.52. The molecule has 5 nitrogen and oxygen atoms in total. The number of halogens is 8. The van der Waals surface area contributed by atoms with Gasteiger partial charge in [0.25, 0.3) is 0 Å². The van der Waals surface area contributed by atoms with Crippen LogP contribution in [0.25, 0.3) is 21.8 Å². The molecule has 246 valence electrons. The summed E-state index contributed by atoms with van der Waals surface area (Å²) < 4.78 is 117. The highest BCUT2D eigenvalue weighted by Crippen LogP contribution is 2.34. The van der Waals surface area contributed by atoms with E-state index >= 15 is 0 Å². The van der Waals surface area contributed by atoms with Crippen molar-refractivity contribution in [2.75, 3.05) is 13.2 Å². The van der Waals surface area contributed by atoms with Crippen molar-refractivity contribution in [3.8, 4) is 11.5 Å². The molecule has 0 bridgehead atoms. The van der Waals surface area contributed by atoms with Crippen LogP contribution in [0.5, 0.6) is 11.5 Å². The largest absolute Gasteiger partial charge is 0.486 e. The van der Waals surface area contributed by atoms with Gasteiger partial charge in [0.1, 0.15) is 11.5 Å². The van der Waals surface area contributed by atoms with Crippen molar-refractivity contribution in [3.63, 3.8) is 0 Å². The number of carbonyl (C=O) groups excluding carboxylic acids is 2. The molecule has 0 aliphatic heterocycles. The van der Waals surface area contributed by atoms with Crippen LogP contribution in [-0.2, 0) is 6.54 Å². The summed E-state index contributed by atoms with van der Waals surface area (Å²) in [6, 6.07) is 20.2. The molecule has 5 rings (SSSR count). The molecule has 0 saturated heterocycles. The molecule has 0 amide bonds. The summed E-state index contributed by atoms with van der Waals surface area (Å²) in [6.45, 7) is -0.914. The quantitative estimate of drug-likeness (QED) is 0.0934. The average molecular weight is 664 g/mol. The van der Waals surface area contributed by atoms with Crippen molar-refractivity contribution >= 4 is 33.4 Å². The fourth-order valence-corrected chi connectivity index (χ4v) is 5.07. The maximum atomic E-state index is 13.6. The second-order valence-corrected chi connectivity index (χ2v) is 10.6. The molecule has 4 aromatic carbocycles. The van der Waals surface area contributed by atoms with E-state index in [0.717, 1.165) is 0 Å². The number of aromatic nitrogens is 1. The summed E-state index contributed by atoms with van der Waals surface area (Å²) in [5, 5.41) is 1.07. The van der Waals surface area contributed by atoms with Gasteiger partial charge in [-0.3, -0.25) is 9.59 Å². The van der Waals surface area contributed by atoms with Crippen LogP contribution in [0.15, 0.2) is 84.9 Å². The van der Waals surface area contributed by atoms with Gasteiger partial charge >= 0.3 is 24.7 Å². The highest BCUT2D eigenvalue weighted by atomic mass is 19.3. The average Bonchev–Trinajstić information content (AvgIpc) is 3.38. The van der Waals surface area contributed by atoms with E-state index in [4.69, 9.17) is 9.47 Å². The summed E-state index contributed by atoms with van der Waals surface area (Å²) in [5.41, 5.74) is 1.31. The second kappa shape index (κ2) is 13.0. The first kappa shape index (κ1) is 33.4. The van der Waals surface area contributed by atoms with Crippen LogP contribution in [0.2, 0.25) is 0 Å². The molecule has 0 spiro atoms. The molecule has 0 N–H and O–H groups in total. The van der Waals surface area contributed by atoms with Crippen LogP contribution in [-0.4, -0.2) is 54.0 Å². The SMILES string of the molecule is CCn1c2ccc(C(=O)c3ccccc3OCC(F)(F)C(F)F)cc2c2cc(C(=O)c3ccccc3OCC(F)(F)C(F)F)ccc21. The van der Waals surface area contributed by atoms with Gasteiger partial charge in [-0.2, -0.15) is 17.6 Å². The molecule has 0 aliphatic rings. The van der Waals surface area contributed by atoms with E-state index in [0.29, 0.717) is 28.4 Å². The van der Waals surface area contributed by atoms with Gasteiger partial charge in [-0.15, -0.1) is 0 Å². The second-order valence-electron chi connectivity index (χ2n) is 10.6. The number of carbonyl (C=O) groups is 2. The number of ether oxygens (including phenoxy) is 2. The topological polar surface area (TPSA) is 57.5 Å². The van der Waals surface area contributed by atoms with Crippen molar-refractivity contribution < 1.29 is 54.2 Å². The van der Waals surface area contributed by atoms with Crippen molar-refractivity contribution in [1.29, 1.82) is 0 Å². The van der Waals surface area contributed by atoms with Crippen molar-refractivity contribution in [2.45, 2.75) is 38.2 Å². The van der Waals surface area contributed by atoms with Gasteiger partial charge in [-0.1, -0.05) is 24.3 Å². The molecule has 0 atom stereocenters. The van der Waals surface area contributed by atoms with Gasteiger partial charge < -0.3 is 14.0 Å². The van der Waals surface area contributed by atoms with Gasteiger partial charge in [-0.25, -0.2) is 17.6 Å². The van der Waals surface area contributed by atoms with Crippen LogP contribution in [0.4, 0.5) is 35.1 Å². The van der Waals surface area contributed by atoms with E-state index in [1.807, 2.05) is 11.5 Å². The number of benzene rings is 4. The number of rotatable bonds is 13. The smallest absolute Gasteiger partial charge is 0.340 e. The minimum Gasteiger partial charge on any atom is -0.486 e. The Morgan fingerprint density at radius 1 is 0.638 bits per heavy atom. The zero-order valence-corrected chi connectivity index (χ0v) is 24.5. The Hall–Kier alpha value is -4.94. The standard InChI is InChI=1S/C34H25F8NO4/c1-2-43-25-13-11-19(29(44)21-7-3-5-9-27(21)46-17-33(39,40)31(35)36)15-23(25)24-16-20(12-14-26(24)43)30(45)22-8-4-6-10-28(22)47-18-34(41,42)32(37)38/h3-16,31-32H,2,17-18H2,1H3. The molecule has 5 aromatic rings. The molecule has 47 heavy (non-hydrogen) atoms. The highest BCUT2D eigenvalue weighted by Gasteiger charge is 2.43. The number of nitrogens with zero attached hydrogens (tertiary/aromatic N) is 1. The summed E-state index contributed by atoms with van der Waals surface area (Å²) >= 11 is 0. The normalized spacial score (nSPS) is 12.3. The number of para-hydroxylation sites is 2. The predicted octanol–water partition coefficient (Wildman–Crippen LogP) is 8.83. The number of hydrogen-bond donors (Lipinski definition) is 0. The minimum atomic E-state index is -4.43. The Morgan fingerprint density at radius 2 is 1.02 bits per heavy atom. The lowest BCUT2D eigenvalue weighted by atomic mass is 9.98. The van der Waals surface area contributed by atoms with Crippen LogP contribution in [0, 0.1) is 0 Å². The molecule has 0 unspecified atom stereocenters. The number of fused-ring (bicyclic) bond motifs is 3. The first-order chi connectivity index (χ1) is 22.2. The zero-order chi connectivity index (χ0) is 34.1. The molecular formula is C34H25F8NO4.